The zero-order valence-electron chi connectivity index (χ0n) is 14.1. The minimum Gasteiger partial charge on any atom is -0.482 e. The van der Waals surface area contributed by atoms with Gasteiger partial charge in [0.15, 0.2) is 13.4 Å². The maximum Gasteiger partial charge on any atom is 0.344 e. The summed E-state index contributed by atoms with van der Waals surface area (Å²) >= 11 is 6.09. The molecule has 1 heterocycles. The number of ether oxygens (including phenoxy) is 4. The summed E-state index contributed by atoms with van der Waals surface area (Å²) in [5, 5.41) is 0.547. The summed E-state index contributed by atoms with van der Waals surface area (Å²) < 4.78 is 21.6. The summed E-state index contributed by atoms with van der Waals surface area (Å²) in [4.78, 5) is 12.0. The van der Waals surface area contributed by atoms with Gasteiger partial charge in [0.1, 0.15) is 18.1 Å². The molecule has 132 valence electrons. The van der Waals surface area contributed by atoms with Crippen molar-refractivity contribution in [1.82, 2.24) is 0 Å². The van der Waals surface area contributed by atoms with Crippen LogP contribution in [0.3, 0.4) is 0 Å². The maximum atomic E-state index is 12.0. The van der Waals surface area contributed by atoms with Gasteiger partial charge in [0.25, 0.3) is 0 Å². The second-order valence-electron chi connectivity index (χ2n) is 5.88. The van der Waals surface area contributed by atoms with Gasteiger partial charge in [-0.05, 0) is 43.2 Å². The molecule has 0 aromatic heterocycles. The van der Waals surface area contributed by atoms with Crippen LogP contribution in [0.2, 0.25) is 5.02 Å². The quantitative estimate of drug-likeness (QED) is 0.754. The van der Waals surface area contributed by atoms with E-state index in [0.717, 1.165) is 16.7 Å². The first-order chi connectivity index (χ1) is 12.0. The first kappa shape index (κ1) is 17.6. The summed E-state index contributed by atoms with van der Waals surface area (Å²) in [6.07, 6.45) is 0. The molecule has 0 radical (unpaired) electrons. The van der Waals surface area contributed by atoms with Gasteiger partial charge in [0.05, 0.1) is 6.61 Å². The Labute approximate surface area is 151 Å². The number of carbonyl (C=O) groups is 1. The van der Waals surface area contributed by atoms with Crippen molar-refractivity contribution in [3.63, 3.8) is 0 Å². The van der Waals surface area contributed by atoms with Crippen molar-refractivity contribution in [1.29, 1.82) is 0 Å². The molecule has 0 N–H and O–H groups in total. The van der Waals surface area contributed by atoms with E-state index in [0.29, 0.717) is 28.7 Å². The van der Waals surface area contributed by atoms with Gasteiger partial charge < -0.3 is 18.9 Å². The highest BCUT2D eigenvalue weighted by molar-refractivity contribution is 6.30. The fraction of sp³-hybridized carbons (Fsp3) is 0.316. The summed E-state index contributed by atoms with van der Waals surface area (Å²) in [5.41, 5.74) is 3.59. The standard InChI is InChI=1S/C19H19ClO5/c1-12-3-4-13(2)17(5-12)23-10-18(21)24-9-15-7-16(20)6-14-8-22-11-25-19(14)15/h3-7H,8-11H2,1-2H3. The van der Waals surface area contributed by atoms with E-state index in [1.165, 1.54) is 0 Å². The van der Waals surface area contributed by atoms with E-state index in [2.05, 4.69) is 0 Å². The summed E-state index contributed by atoms with van der Waals surface area (Å²) in [7, 11) is 0. The molecule has 5 nitrogen and oxygen atoms in total. The fourth-order valence-corrected chi connectivity index (χ4v) is 2.83. The number of hydrogen-bond donors (Lipinski definition) is 0. The van der Waals surface area contributed by atoms with Crippen LogP contribution in [-0.4, -0.2) is 19.4 Å². The van der Waals surface area contributed by atoms with Crippen LogP contribution < -0.4 is 9.47 Å². The van der Waals surface area contributed by atoms with Gasteiger partial charge in [-0.3, -0.25) is 0 Å². The minimum absolute atomic E-state index is 0.0673. The molecule has 1 aliphatic heterocycles. The van der Waals surface area contributed by atoms with Crippen LogP contribution in [0.5, 0.6) is 11.5 Å². The van der Waals surface area contributed by atoms with Crippen molar-refractivity contribution in [3.8, 4) is 11.5 Å². The zero-order chi connectivity index (χ0) is 17.8. The van der Waals surface area contributed by atoms with Gasteiger partial charge in [-0.2, -0.15) is 0 Å². The summed E-state index contributed by atoms with van der Waals surface area (Å²) in [5.74, 6) is 0.887. The SMILES string of the molecule is Cc1ccc(C)c(OCC(=O)OCc2cc(Cl)cc3c2OCOC3)c1. The first-order valence-corrected chi connectivity index (χ1v) is 8.28. The molecule has 2 aromatic carbocycles. The van der Waals surface area contributed by atoms with E-state index >= 15 is 0 Å². The van der Waals surface area contributed by atoms with Crippen LogP contribution in [0.4, 0.5) is 0 Å². The number of halogens is 1. The molecule has 0 spiro atoms. The van der Waals surface area contributed by atoms with Crippen molar-refractivity contribution < 1.29 is 23.7 Å². The predicted molar refractivity (Wildman–Crippen MR) is 92.9 cm³/mol. The number of aryl methyl sites for hydroxylation is 2. The van der Waals surface area contributed by atoms with Crippen LogP contribution in [0.25, 0.3) is 0 Å². The number of rotatable bonds is 5. The lowest BCUT2D eigenvalue weighted by Crippen LogP contribution is -2.17. The Hall–Kier alpha value is -2.24. The molecule has 1 aliphatic rings. The van der Waals surface area contributed by atoms with Gasteiger partial charge in [-0.1, -0.05) is 23.7 Å². The average molecular weight is 363 g/mol. The van der Waals surface area contributed by atoms with E-state index in [9.17, 15) is 4.79 Å². The van der Waals surface area contributed by atoms with Crippen molar-refractivity contribution in [3.05, 3.63) is 57.6 Å². The number of fused-ring (bicyclic) bond motifs is 1. The van der Waals surface area contributed by atoms with E-state index in [-0.39, 0.29) is 20.0 Å². The third-order valence-electron chi connectivity index (χ3n) is 3.83. The molecule has 0 bridgehead atoms. The molecule has 0 unspecified atom stereocenters. The van der Waals surface area contributed by atoms with Gasteiger partial charge in [0, 0.05) is 16.1 Å². The molecule has 0 atom stereocenters. The van der Waals surface area contributed by atoms with E-state index in [1.807, 2.05) is 32.0 Å². The Morgan fingerprint density at radius 1 is 1.24 bits per heavy atom. The lowest BCUT2D eigenvalue weighted by molar-refractivity contribution is -0.147. The number of hydrogen-bond acceptors (Lipinski definition) is 5. The van der Waals surface area contributed by atoms with Crippen LogP contribution in [0.1, 0.15) is 22.3 Å². The van der Waals surface area contributed by atoms with Gasteiger partial charge in [0.2, 0.25) is 0 Å². The lowest BCUT2D eigenvalue weighted by atomic mass is 10.1. The monoisotopic (exact) mass is 362 g/mol. The molecular weight excluding hydrogens is 344 g/mol. The Morgan fingerprint density at radius 2 is 2.08 bits per heavy atom. The third kappa shape index (κ3) is 4.44. The van der Waals surface area contributed by atoms with Crippen LogP contribution >= 0.6 is 11.6 Å². The molecule has 0 amide bonds. The van der Waals surface area contributed by atoms with Gasteiger partial charge >= 0.3 is 5.97 Å². The Bertz CT molecular complexity index is 788. The average Bonchev–Trinajstić information content (AvgIpc) is 2.60. The smallest absolute Gasteiger partial charge is 0.344 e. The summed E-state index contributed by atoms with van der Waals surface area (Å²) in [6, 6.07) is 9.35. The molecule has 0 saturated carbocycles. The summed E-state index contributed by atoms with van der Waals surface area (Å²) in [6.45, 7) is 4.40. The van der Waals surface area contributed by atoms with Crippen LogP contribution in [0, 0.1) is 13.8 Å². The van der Waals surface area contributed by atoms with Crippen molar-refractivity contribution >= 4 is 17.6 Å². The highest BCUT2D eigenvalue weighted by atomic mass is 35.5. The van der Waals surface area contributed by atoms with Crippen molar-refractivity contribution in [2.45, 2.75) is 27.1 Å². The highest BCUT2D eigenvalue weighted by Gasteiger charge is 2.17. The van der Waals surface area contributed by atoms with Gasteiger partial charge in [-0.15, -0.1) is 0 Å². The molecule has 0 aliphatic carbocycles. The topological polar surface area (TPSA) is 54.0 Å². The normalized spacial score (nSPS) is 12.9. The number of benzene rings is 2. The predicted octanol–water partition coefficient (Wildman–Crippen LogP) is 3.95. The molecule has 0 fully saturated rings. The minimum atomic E-state index is -0.457. The van der Waals surface area contributed by atoms with E-state index in [1.54, 1.807) is 12.1 Å². The van der Waals surface area contributed by atoms with Crippen LogP contribution in [0.15, 0.2) is 30.3 Å². The molecule has 6 heteroatoms. The first-order valence-electron chi connectivity index (χ1n) is 7.90. The molecule has 2 aromatic rings. The van der Waals surface area contributed by atoms with E-state index < -0.39 is 5.97 Å². The number of esters is 1. The maximum absolute atomic E-state index is 12.0. The van der Waals surface area contributed by atoms with Crippen molar-refractivity contribution in [2.24, 2.45) is 0 Å². The largest absolute Gasteiger partial charge is 0.482 e. The lowest BCUT2D eigenvalue weighted by Gasteiger charge is -2.21. The Kier molecular flexibility index (Phi) is 5.46. The van der Waals surface area contributed by atoms with E-state index in [4.69, 9.17) is 30.5 Å². The molecule has 0 saturated heterocycles. The fourth-order valence-electron chi connectivity index (χ4n) is 2.56. The second kappa shape index (κ2) is 7.76. The van der Waals surface area contributed by atoms with Crippen molar-refractivity contribution in [2.75, 3.05) is 13.4 Å². The Balaban J connectivity index is 1.59. The van der Waals surface area contributed by atoms with Crippen LogP contribution in [-0.2, 0) is 27.5 Å². The molecule has 3 rings (SSSR count). The Morgan fingerprint density at radius 3 is 2.92 bits per heavy atom. The molecule has 25 heavy (non-hydrogen) atoms. The highest BCUT2D eigenvalue weighted by Crippen LogP contribution is 2.32. The van der Waals surface area contributed by atoms with Gasteiger partial charge in [-0.25, -0.2) is 4.79 Å². The molecular formula is C19H19ClO5. The third-order valence-corrected chi connectivity index (χ3v) is 4.05. The second-order valence-corrected chi connectivity index (χ2v) is 6.32. The number of carbonyl (C=O) groups excluding carboxylic acids is 1. The zero-order valence-corrected chi connectivity index (χ0v) is 14.9.